The largest absolute Gasteiger partial charge is 0.465 e. The second-order valence-electron chi connectivity index (χ2n) is 7.11. The van der Waals surface area contributed by atoms with Gasteiger partial charge in [0.15, 0.2) is 0 Å². The lowest BCUT2D eigenvalue weighted by molar-refractivity contribution is 0.0600. The number of halogens is 2. The number of ether oxygens (including phenoxy) is 1. The van der Waals surface area contributed by atoms with Crippen molar-refractivity contribution in [1.29, 1.82) is 5.26 Å². The fourth-order valence-corrected chi connectivity index (χ4v) is 3.67. The van der Waals surface area contributed by atoms with Gasteiger partial charge in [0.05, 0.1) is 35.3 Å². The number of allylic oxidation sites excluding steroid dienone is 1. The molecule has 7 heteroatoms. The van der Waals surface area contributed by atoms with Gasteiger partial charge in [-0.3, -0.25) is 0 Å². The maximum absolute atomic E-state index is 11.7. The molecule has 3 aromatic carbocycles. The van der Waals surface area contributed by atoms with Gasteiger partial charge in [0.25, 0.3) is 0 Å². The lowest BCUT2D eigenvalue weighted by Gasteiger charge is -2.28. The van der Waals surface area contributed by atoms with E-state index in [1.165, 1.54) is 7.11 Å². The van der Waals surface area contributed by atoms with Gasteiger partial charge in [-0.25, -0.2) is 4.79 Å². The van der Waals surface area contributed by atoms with Crippen LogP contribution in [0.1, 0.15) is 21.5 Å². The number of nitrogens with two attached hydrogens (primary N) is 1. The number of esters is 1. The summed E-state index contributed by atoms with van der Waals surface area (Å²) in [5.74, 6) is -0.430. The van der Waals surface area contributed by atoms with Crippen molar-refractivity contribution >= 4 is 46.6 Å². The number of nitrogen functional groups attached to an aromatic ring is 1. The smallest absolute Gasteiger partial charge is 0.337 e. The highest BCUT2D eigenvalue weighted by atomic mass is 35.5. The molecule has 0 aromatic heterocycles. The second-order valence-corrected chi connectivity index (χ2v) is 7.95. The van der Waals surface area contributed by atoms with Crippen molar-refractivity contribution in [3.63, 3.8) is 0 Å². The number of hydrogen-bond donors (Lipinski definition) is 1. The van der Waals surface area contributed by atoms with Gasteiger partial charge in [-0.15, -0.1) is 0 Å². The van der Waals surface area contributed by atoms with E-state index in [0.29, 0.717) is 44.8 Å². The highest BCUT2D eigenvalue weighted by Gasteiger charge is 2.18. The minimum absolute atomic E-state index is 0.323. The van der Waals surface area contributed by atoms with Crippen molar-refractivity contribution in [3.8, 4) is 6.07 Å². The summed E-state index contributed by atoms with van der Waals surface area (Å²) in [6.45, 7) is 4.50. The Kier molecular flexibility index (Phi) is 7.78. The molecule has 0 aliphatic carbocycles. The molecule has 3 rings (SSSR count). The monoisotopic (exact) mass is 477 g/mol. The fraction of sp³-hybridized carbons (Fsp3) is 0.0769. The first-order valence-corrected chi connectivity index (χ1v) is 10.6. The third-order valence-electron chi connectivity index (χ3n) is 4.97. The molecular formula is C26H21Cl2N3O2. The van der Waals surface area contributed by atoms with E-state index in [0.717, 1.165) is 11.1 Å². The van der Waals surface area contributed by atoms with E-state index in [1.807, 2.05) is 29.2 Å². The number of rotatable bonds is 7. The third-order valence-corrected chi connectivity index (χ3v) is 5.56. The van der Waals surface area contributed by atoms with Crippen LogP contribution >= 0.6 is 23.2 Å². The van der Waals surface area contributed by atoms with Crippen LogP contribution in [0.5, 0.6) is 0 Å². The normalized spacial score (nSPS) is 10.9. The van der Waals surface area contributed by atoms with Crippen LogP contribution in [0.15, 0.2) is 84.6 Å². The first kappa shape index (κ1) is 23.9. The summed E-state index contributed by atoms with van der Waals surface area (Å²) >= 11 is 12.5. The number of nitriles is 1. The van der Waals surface area contributed by atoms with Crippen molar-refractivity contribution in [1.82, 2.24) is 0 Å². The zero-order valence-electron chi connectivity index (χ0n) is 17.9. The molecule has 0 fully saturated rings. The van der Waals surface area contributed by atoms with E-state index < -0.39 is 5.97 Å². The van der Waals surface area contributed by atoms with Gasteiger partial charge in [0.2, 0.25) is 0 Å². The van der Waals surface area contributed by atoms with Gasteiger partial charge in [-0.2, -0.15) is 5.26 Å². The number of hydrogen-bond acceptors (Lipinski definition) is 5. The van der Waals surface area contributed by atoms with Gasteiger partial charge in [0, 0.05) is 16.6 Å². The lowest BCUT2D eigenvalue weighted by atomic mass is 10.1. The Hall–Kier alpha value is -3.72. The Bertz CT molecular complexity index is 1260. The highest BCUT2D eigenvalue weighted by Crippen LogP contribution is 2.32. The Labute approximate surface area is 202 Å². The quantitative estimate of drug-likeness (QED) is 0.182. The van der Waals surface area contributed by atoms with Crippen molar-refractivity contribution in [2.24, 2.45) is 0 Å². The SMILES string of the molecule is C=C(/C(C#N)=C/c1ccc(C(=O)OC)cc1)N(Cc1ccc(Cl)cc1Cl)c1ccccc1N. The molecule has 0 spiro atoms. The summed E-state index contributed by atoms with van der Waals surface area (Å²) in [5.41, 5.74) is 10.2. The third kappa shape index (κ3) is 5.75. The first-order valence-electron chi connectivity index (χ1n) is 9.89. The van der Waals surface area contributed by atoms with Crippen LogP contribution in [-0.2, 0) is 11.3 Å². The van der Waals surface area contributed by atoms with E-state index >= 15 is 0 Å². The van der Waals surface area contributed by atoms with Crippen molar-refractivity contribution in [3.05, 3.63) is 111 Å². The minimum atomic E-state index is -0.430. The number of carbonyl (C=O) groups excluding carboxylic acids is 1. The summed E-state index contributed by atoms with van der Waals surface area (Å²) in [7, 11) is 1.32. The van der Waals surface area contributed by atoms with Crippen LogP contribution in [0.3, 0.4) is 0 Å². The van der Waals surface area contributed by atoms with Crippen molar-refractivity contribution in [2.75, 3.05) is 17.7 Å². The maximum atomic E-state index is 11.7. The Morgan fingerprint density at radius 3 is 2.45 bits per heavy atom. The summed E-state index contributed by atoms with van der Waals surface area (Å²) < 4.78 is 4.72. The first-order chi connectivity index (χ1) is 15.8. The molecule has 0 saturated carbocycles. The zero-order chi connectivity index (χ0) is 24.0. The molecule has 0 aliphatic rings. The number of carbonyl (C=O) groups is 1. The van der Waals surface area contributed by atoms with Crippen molar-refractivity contribution < 1.29 is 9.53 Å². The van der Waals surface area contributed by atoms with Gasteiger partial charge >= 0.3 is 5.97 Å². The van der Waals surface area contributed by atoms with E-state index in [9.17, 15) is 10.1 Å². The van der Waals surface area contributed by atoms with Crippen LogP contribution in [0.25, 0.3) is 6.08 Å². The Balaban J connectivity index is 2.00. The molecule has 0 heterocycles. The highest BCUT2D eigenvalue weighted by molar-refractivity contribution is 6.35. The molecule has 0 bridgehead atoms. The molecule has 0 unspecified atom stereocenters. The molecule has 2 N–H and O–H groups in total. The van der Waals surface area contributed by atoms with Crippen molar-refractivity contribution in [2.45, 2.75) is 6.54 Å². The molecule has 0 atom stereocenters. The van der Waals surface area contributed by atoms with E-state index in [4.69, 9.17) is 33.7 Å². The predicted molar refractivity (Wildman–Crippen MR) is 134 cm³/mol. The Morgan fingerprint density at radius 1 is 1.15 bits per heavy atom. The molecule has 166 valence electrons. The van der Waals surface area contributed by atoms with Gasteiger partial charge in [-0.05, 0) is 53.6 Å². The van der Waals surface area contributed by atoms with E-state index in [2.05, 4.69) is 12.6 Å². The zero-order valence-corrected chi connectivity index (χ0v) is 19.4. The molecule has 5 nitrogen and oxygen atoms in total. The molecule has 33 heavy (non-hydrogen) atoms. The summed E-state index contributed by atoms with van der Waals surface area (Å²) in [4.78, 5) is 13.5. The number of methoxy groups -OCH3 is 1. The van der Waals surface area contributed by atoms with Gasteiger partial charge in [-0.1, -0.05) is 60.1 Å². The average molecular weight is 478 g/mol. The van der Waals surface area contributed by atoms with E-state index in [1.54, 1.807) is 48.5 Å². The molecule has 0 aliphatic heterocycles. The van der Waals surface area contributed by atoms with Crippen LogP contribution in [0.4, 0.5) is 11.4 Å². The minimum Gasteiger partial charge on any atom is -0.465 e. The molecular weight excluding hydrogens is 457 g/mol. The number of nitrogens with zero attached hydrogens (tertiary/aromatic N) is 2. The molecule has 0 radical (unpaired) electrons. The van der Waals surface area contributed by atoms with Crippen LogP contribution in [-0.4, -0.2) is 13.1 Å². The average Bonchev–Trinajstić information content (AvgIpc) is 2.82. The Morgan fingerprint density at radius 2 is 1.85 bits per heavy atom. The summed E-state index contributed by atoms with van der Waals surface area (Å²) in [5, 5.41) is 10.9. The van der Waals surface area contributed by atoms with Gasteiger partial charge < -0.3 is 15.4 Å². The lowest BCUT2D eigenvalue weighted by Crippen LogP contribution is -2.23. The number of benzene rings is 3. The predicted octanol–water partition coefficient (Wildman–Crippen LogP) is 6.49. The summed E-state index contributed by atoms with van der Waals surface area (Å²) in [6.07, 6.45) is 1.69. The molecule has 0 saturated heterocycles. The molecule has 0 amide bonds. The molecule has 3 aromatic rings. The van der Waals surface area contributed by atoms with Gasteiger partial charge in [0.1, 0.15) is 6.07 Å². The maximum Gasteiger partial charge on any atom is 0.337 e. The number of anilines is 2. The standard InChI is InChI=1S/C26H21Cl2N3O2/c1-17(21(15-29)13-18-7-9-19(10-8-18)26(32)33-2)31(25-6-4-3-5-24(25)30)16-20-11-12-22(27)14-23(20)28/h3-14H,1,16,30H2,2H3/b21-13+. The fourth-order valence-electron chi connectivity index (χ4n) is 3.21. The second kappa shape index (κ2) is 10.7. The number of para-hydroxylation sites is 2. The summed E-state index contributed by atoms with van der Waals surface area (Å²) in [6, 6.07) is 21.5. The van der Waals surface area contributed by atoms with Crippen LogP contribution < -0.4 is 10.6 Å². The van der Waals surface area contributed by atoms with Crippen LogP contribution in [0, 0.1) is 11.3 Å². The van der Waals surface area contributed by atoms with E-state index in [-0.39, 0.29) is 0 Å². The topological polar surface area (TPSA) is 79.4 Å². The van der Waals surface area contributed by atoms with Crippen LogP contribution in [0.2, 0.25) is 10.0 Å².